The van der Waals surface area contributed by atoms with Gasteiger partial charge in [-0.15, -0.1) is 0 Å². The van der Waals surface area contributed by atoms with Crippen LogP contribution in [-0.2, 0) is 9.59 Å². The average molecular weight is 678 g/mol. The van der Waals surface area contributed by atoms with Crippen LogP contribution in [0.2, 0.25) is 5.02 Å². The topological polar surface area (TPSA) is 123 Å². The molecule has 2 aliphatic rings. The van der Waals surface area contributed by atoms with E-state index in [0.717, 1.165) is 28.2 Å². The van der Waals surface area contributed by atoms with Gasteiger partial charge in [0.1, 0.15) is 5.75 Å². The molecule has 1 aliphatic carbocycles. The highest BCUT2D eigenvalue weighted by molar-refractivity contribution is 6.32. The molecule has 1 aliphatic heterocycles. The largest absolute Gasteiger partial charge is 0.508 e. The highest BCUT2D eigenvalue weighted by Gasteiger charge is 2.55. The number of halogens is 1. The van der Waals surface area contributed by atoms with Crippen LogP contribution in [0.25, 0.3) is 11.6 Å². The summed E-state index contributed by atoms with van der Waals surface area (Å²) in [6, 6.07) is 27.2. The van der Waals surface area contributed by atoms with Crippen LogP contribution in [0.5, 0.6) is 5.75 Å². The van der Waals surface area contributed by atoms with E-state index in [4.69, 9.17) is 11.6 Å². The first-order chi connectivity index (χ1) is 23.7. The molecule has 8 nitrogen and oxygen atoms in total. The molecule has 0 unspecified atom stereocenters. The van der Waals surface area contributed by atoms with Gasteiger partial charge in [-0.2, -0.15) is 0 Å². The Morgan fingerprint density at radius 2 is 1.69 bits per heavy atom. The van der Waals surface area contributed by atoms with Gasteiger partial charge in [0.05, 0.1) is 41.0 Å². The van der Waals surface area contributed by atoms with Gasteiger partial charge < -0.3 is 20.6 Å². The number of fused-ring (bicyclic) bond motifs is 1. The van der Waals surface area contributed by atoms with Crippen molar-refractivity contribution in [3.8, 4) is 5.75 Å². The smallest absolute Gasteiger partial charge is 0.238 e. The number of nitrogens with one attached hydrogen (secondary N) is 1. The second-order valence-electron chi connectivity index (χ2n) is 13.0. The fourth-order valence-electron chi connectivity index (χ4n) is 7.18. The van der Waals surface area contributed by atoms with Gasteiger partial charge in [-0.25, -0.2) is 0 Å². The molecular weight excluding hydrogens is 638 g/mol. The quantitative estimate of drug-likeness (QED) is 0.0951. The number of phenols is 1. The number of aliphatic hydroxyl groups is 2. The van der Waals surface area contributed by atoms with Gasteiger partial charge >= 0.3 is 0 Å². The molecule has 4 aromatic rings. The summed E-state index contributed by atoms with van der Waals surface area (Å²) >= 11 is 6.43. The van der Waals surface area contributed by atoms with Crippen LogP contribution < -0.4 is 10.2 Å². The maximum absolute atomic E-state index is 14.1. The Balaban J connectivity index is 1.26. The molecule has 1 fully saturated rings. The number of imide groups is 1. The summed E-state index contributed by atoms with van der Waals surface area (Å²) in [5.74, 6) is -2.71. The van der Waals surface area contributed by atoms with Crippen LogP contribution >= 0.6 is 11.6 Å². The van der Waals surface area contributed by atoms with Gasteiger partial charge in [0, 0.05) is 23.5 Å². The van der Waals surface area contributed by atoms with Crippen molar-refractivity contribution < 1.29 is 24.9 Å². The molecule has 0 spiro atoms. The molecule has 0 radical (unpaired) electrons. The Kier molecular flexibility index (Phi) is 10.3. The molecular formula is C40H40ClN3O5. The van der Waals surface area contributed by atoms with Crippen molar-refractivity contribution in [3.63, 3.8) is 0 Å². The third-order valence-corrected chi connectivity index (χ3v) is 9.88. The van der Waals surface area contributed by atoms with Crippen LogP contribution in [0, 0.1) is 23.7 Å². The lowest BCUT2D eigenvalue weighted by atomic mass is 9.66. The first kappa shape index (κ1) is 34.1. The van der Waals surface area contributed by atoms with Crippen LogP contribution in [0.15, 0.2) is 108 Å². The molecule has 1 aromatic heterocycles. The number of rotatable bonds is 11. The van der Waals surface area contributed by atoms with Gasteiger partial charge in [-0.05, 0) is 115 Å². The number of para-hydroxylation sites is 1. The molecule has 9 heteroatoms. The van der Waals surface area contributed by atoms with Crippen molar-refractivity contribution in [2.24, 2.45) is 23.7 Å². The summed E-state index contributed by atoms with van der Waals surface area (Å²) in [5, 5.41) is 36.2. The number of nitrogens with zero attached hydrogens (tertiary/aromatic N) is 2. The predicted molar refractivity (Wildman–Crippen MR) is 193 cm³/mol. The number of aromatic hydroxyl groups is 1. The zero-order valence-corrected chi connectivity index (χ0v) is 28.2. The lowest BCUT2D eigenvalue weighted by Crippen LogP contribution is -2.39. The van der Waals surface area contributed by atoms with Gasteiger partial charge in [0.2, 0.25) is 11.8 Å². The van der Waals surface area contributed by atoms with Crippen LogP contribution in [-0.4, -0.2) is 44.8 Å². The molecule has 0 saturated carbocycles. The van der Waals surface area contributed by atoms with Crippen molar-refractivity contribution >= 4 is 52.1 Å². The van der Waals surface area contributed by atoms with Gasteiger partial charge in [-0.3, -0.25) is 19.5 Å². The highest BCUT2D eigenvalue weighted by atomic mass is 35.5. The average Bonchev–Trinajstić information content (AvgIpc) is 3.36. The SMILES string of the molecule is CC(C)C1=C([C@H](O)CC/C(=C/c2ccc(O)cc2Cl)c2ccccn2)[C@H](CO)[C@@H]2C(=O)N(c3ccc(Nc4ccccc4)cc3)C(=O)[C@@H]2C1. The zero-order chi connectivity index (χ0) is 34.7. The molecule has 4 atom stereocenters. The molecule has 3 aromatic carbocycles. The molecule has 1 saturated heterocycles. The minimum atomic E-state index is -0.974. The number of allylic oxidation sites excluding steroid dienone is 2. The summed E-state index contributed by atoms with van der Waals surface area (Å²) < 4.78 is 0. The summed E-state index contributed by atoms with van der Waals surface area (Å²) in [5.41, 5.74) is 6.02. The summed E-state index contributed by atoms with van der Waals surface area (Å²) in [6.45, 7) is 3.66. The number of aliphatic hydroxyl groups excluding tert-OH is 2. The molecule has 252 valence electrons. The van der Waals surface area contributed by atoms with Crippen molar-refractivity contribution in [1.29, 1.82) is 0 Å². The first-order valence-corrected chi connectivity index (χ1v) is 17.0. The minimum Gasteiger partial charge on any atom is -0.508 e. The minimum absolute atomic E-state index is 0.0125. The fourth-order valence-corrected chi connectivity index (χ4v) is 7.41. The van der Waals surface area contributed by atoms with Crippen molar-refractivity contribution in [3.05, 3.63) is 125 Å². The van der Waals surface area contributed by atoms with Gasteiger partial charge in [-0.1, -0.05) is 55.3 Å². The van der Waals surface area contributed by atoms with E-state index in [1.807, 2.05) is 80.6 Å². The number of carbonyl (C=O) groups is 2. The van der Waals surface area contributed by atoms with Gasteiger partial charge in [0.25, 0.3) is 0 Å². The van der Waals surface area contributed by atoms with E-state index in [2.05, 4.69) is 10.3 Å². The van der Waals surface area contributed by atoms with Crippen LogP contribution in [0.3, 0.4) is 0 Å². The molecule has 0 bridgehead atoms. The third-order valence-electron chi connectivity index (χ3n) is 9.56. The summed E-state index contributed by atoms with van der Waals surface area (Å²) in [7, 11) is 0. The lowest BCUT2D eigenvalue weighted by Gasteiger charge is -2.38. The van der Waals surface area contributed by atoms with E-state index in [-0.39, 0.29) is 30.1 Å². The van der Waals surface area contributed by atoms with Crippen molar-refractivity contribution in [1.82, 2.24) is 4.98 Å². The molecule has 4 N–H and O–H groups in total. The predicted octanol–water partition coefficient (Wildman–Crippen LogP) is 7.64. The fraction of sp³-hybridized carbons (Fsp3) is 0.275. The van der Waals surface area contributed by atoms with E-state index in [1.54, 1.807) is 30.5 Å². The van der Waals surface area contributed by atoms with E-state index in [0.29, 0.717) is 41.1 Å². The first-order valence-electron chi connectivity index (χ1n) is 16.6. The second-order valence-corrected chi connectivity index (χ2v) is 13.4. The zero-order valence-electron chi connectivity index (χ0n) is 27.5. The highest BCUT2D eigenvalue weighted by Crippen LogP contribution is 2.49. The summed E-state index contributed by atoms with van der Waals surface area (Å²) in [6.07, 6.45) is 3.66. The van der Waals surface area contributed by atoms with Gasteiger partial charge in [0.15, 0.2) is 0 Å². The Bertz CT molecular complexity index is 1880. The Hall–Kier alpha value is -4.76. The van der Waals surface area contributed by atoms with Crippen LogP contribution in [0.4, 0.5) is 17.1 Å². The number of aromatic nitrogens is 1. The number of anilines is 3. The van der Waals surface area contributed by atoms with E-state index in [9.17, 15) is 24.9 Å². The molecule has 49 heavy (non-hydrogen) atoms. The summed E-state index contributed by atoms with van der Waals surface area (Å²) in [4.78, 5) is 33.8. The maximum atomic E-state index is 14.1. The van der Waals surface area contributed by atoms with Crippen LogP contribution in [0.1, 0.15) is 44.4 Å². The Labute approximate surface area is 291 Å². The number of hydrogen-bond acceptors (Lipinski definition) is 7. The number of phenolic OH excluding ortho intramolecular Hbond substituents is 1. The van der Waals surface area contributed by atoms with E-state index in [1.165, 1.54) is 11.0 Å². The normalized spacial score (nSPS) is 20.2. The third kappa shape index (κ3) is 7.17. The number of hydrogen-bond donors (Lipinski definition) is 4. The number of pyridine rings is 1. The molecule has 6 rings (SSSR count). The standard InChI is InChI=1S/C40H40ClN3O5/c1-24(2)31-22-32-38(40(49)44(39(32)48)29-15-13-28(14-16-29)43-27-8-4-3-5-9-27)33(23-45)37(31)36(47)18-12-26(35-10-6-7-19-42-35)20-25-11-17-30(46)21-34(25)41/h3-11,13-17,19-21,24,32-33,36,38,43,45-47H,12,18,22-23H2,1-2H3/b26-20-/t32-,33+,36-,38-/m1/s1. The van der Waals surface area contributed by atoms with Crippen molar-refractivity contribution in [2.45, 2.75) is 39.2 Å². The van der Waals surface area contributed by atoms with E-state index < -0.39 is 23.9 Å². The molecule has 2 amide bonds. The number of carbonyl (C=O) groups excluding carboxylic acids is 2. The Morgan fingerprint density at radius 1 is 0.980 bits per heavy atom. The Morgan fingerprint density at radius 3 is 2.35 bits per heavy atom. The van der Waals surface area contributed by atoms with E-state index >= 15 is 0 Å². The maximum Gasteiger partial charge on any atom is 0.238 e. The number of amides is 2. The molecule has 2 heterocycles. The monoisotopic (exact) mass is 677 g/mol. The van der Waals surface area contributed by atoms with Crippen molar-refractivity contribution in [2.75, 3.05) is 16.8 Å². The number of benzene rings is 3. The lowest BCUT2D eigenvalue weighted by molar-refractivity contribution is -0.123. The second kappa shape index (κ2) is 14.8.